The predicted octanol–water partition coefficient (Wildman–Crippen LogP) is 4.52. The average Bonchev–Trinajstić information content (AvgIpc) is 3.60. The van der Waals surface area contributed by atoms with Gasteiger partial charge in [-0.3, -0.25) is 9.59 Å². The van der Waals surface area contributed by atoms with E-state index in [0.29, 0.717) is 25.7 Å². The zero-order chi connectivity index (χ0) is 25.0. The number of amides is 2. The number of carbonyl (C=O) groups is 2. The molecule has 0 aliphatic heterocycles. The predicted molar refractivity (Wildman–Crippen MR) is 123 cm³/mol. The van der Waals surface area contributed by atoms with Gasteiger partial charge in [-0.2, -0.15) is 0 Å². The third-order valence-corrected chi connectivity index (χ3v) is 8.78. The maximum absolute atomic E-state index is 15.1. The molecule has 3 N–H and O–H groups in total. The highest BCUT2D eigenvalue weighted by atomic mass is 35.5. The molecule has 3 saturated carbocycles. The lowest BCUT2D eigenvalue weighted by atomic mass is 9.74. The number of aliphatic hydroxyl groups excluding tert-OH is 1. The molecule has 0 saturated heterocycles. The van der Waals surface area contributed by atoms with Crippen molar-refractivity contribution >= 4 is 35.0 Å². The number of alkyl halides is 1. The smallest absolute Gasteiger partial charge is 0.273 e. The first-order chi connectivity index (χ1) is 16.6. The van der Waals surface area contributed by atoms with E-state index in [-0.39, 0.29) is 40.6 Å². The van der Waals surface area contributed by atoms with E-state index in [9.17, 15) is 14.7 Å². The van der Waals surface area contributed by atoms with Crippen molar-refractivity contribution < 1.29 is 27.9 Å². The molecule has 3 aliphatic carbocycles. The van der Waals surface area contributed by atoms with Crippen LogP contribution in [0.4, 0.5) is 8.78 Å². The summed E-state index contributed by atoms with van der Waals surface area (Å²) in [6.07, 6.45) is 3.49. The Hall–Kier alpha value is -2.23. The third-order valence-electron chi connectivity index (χ3n) is 7.96. The lowest BCUT2D eigenvalue weighted by molar-refractivity contribution is -0.127. The Morgan fingerprint density at radius 3 is 2.57 bits per heavy atom. The fourth-order valence-electron chi connectivity index (χ4n) is 6.12. The van der Waals surface area contributed by atoms with Gasteiger partial charge < -0.3 is 20.2 Å². The van der Waals surface area contributed by atoms with Crippen molar-refractivity contribution in [2.45, 2.75) is 68.8 Å². The minimum atomic E-state index is -1.33. The van der Waals surface area contributed by atoms with Crippen molar-refractivity contribution in [2.75, 3.05) is 0 Å². The van der Waals surface area contributed by atoms with Crippen LogP contribution in [0.25, 0.3) is 0 Å². The van der Waals surface area contributed by atoms with Gasteiger partial charge in [-0.15, -0.1) is 0 Å². The van der Waals surface area contributed by atoms with Crippen molar-refractivity contribution in [2.24, 2.45) is 11.3 Å². The normalized spacial score (nSPS) is 32.5. The number of benzene rings is 1. The molecule has 0 unspecified atom stereocenters. The van der Waals surface area contributed by atoms with Gasteiger partial charge in [0.15, 0.2) is 12.1 Å². The van der Waals surface area contributed by atoms with Gasteiger partial charge in [0, 0.05) is 11.5 Å². The van der Waals surface area contributed by atoms with Crippen LogP contribution in [0.5, 0.6) is 0 Å². The van der Waals surface area contributed by atoms with Crippen molar-refractivity contribution in [1.82, 2.24) is 15.6 Å². The number of aromatic nitrogens is 1. The fraction of sp³-hybridized carbons (Fsp3) is 0.542. The summed E-state index contributed by atoms with van der Waals surface area (Å²) in [6.45, 7) is 0. The van der Waals surface area contributed by atoms with Gasteiger partial charge in [-0.05, 0) is 62.5 Å². The van der Waals surface area contributed by atoms with Crippen LogP contribution < -0.4 is 10.6 Å². The zero-order valence-electron chi connectivity index (χ0n) is 18.7. The Labute approximate surface area is 210 Å². The molecule has 7 nitrogen and oxygen atoms in total. The maximum Gasteiger partial charge on any atom is 0.273 e. The van der Waals surface area contributed by atoms with Crippen LogP contribution in [0.15, 0.2) is 29.2 Å². The van der Waals surface area contributed by atoms with E-state index < -0.39 is 52.8 Å². The van der Waals surface area contributed by atoms with Gasteiger partial charge in [-0.1, -0.05) is 23.2 Å². The molecular weight excluding hydrogens is 503 g/mol. The SMILES string of the molecule is O=C(N[C@H]1C[C@H](C(=O)N[C@H](c2c(F)ccc(Cl)c2Cl)C23CCC(F)(CC2)C3)C[C@H]1O)c1cocn1. The molecule has 4 atom stereocenters. The number of halogens is 4. The van der Waals surface area contributed by atoms with Gasteiger partial charge in [0.25, 0.3) is 5.91 Å². The summed E-state index contributed by atoms with van der Waals surface area (Å²) in [4.78, 5) is 29.5. The minimum absolute atomic E-state index is 0.00110. The van der Waals surface area contributed by atoms with Gasteiger partial charge in [0.05, 0.1) is 28.2 Å². The van der Waals surface area contributed by atoms with E-state index in [2.05, 4.69) is 15.6 Å². The van der Waals surface area contributed by atoms with Crippen LogP contribution in [0.2, 0.25) is 10.0 Å². The number of nitrogens with one attached hydrogen (secondary N) is 2. The van der Waals surface area contributed by atoms with Crippen LogP contribution in [0.3, 0.4) is 0 Å². The Balaban J connectivity index is 1.37. The van der Waals surface area contributed by atoms with Crippen LogP contribution in [-0.4, -0.2) is 39.7 Å². The number of rotatable bonds is 6. The molecule has 188 valence electrons. The summed E-state index contributed by atoms with van der Waals surface area (Å²) < 4.78 is 35.0. The molecule has 0 spiro atoms. The molecule has 1 aromatic heterocycles. The topological polar surface area (TPSA) is 104 Å². The van der Waals surface area contributed by atoms with Crippen molar-refractivity contribution in [3.05, 3.63) is 51.9 Å². The Kier molecular flexibility index (Phi) is 6.30. The molecule has 2 amide bonds. The molecule has 5 rings (SSSR count). The maximum atomic E-state index is 15.1. The van der Waals surface area contributed by atoms with E-state index in [0.717, 1.165) is 6.39 Å². The van der Waals surface area contributed by atoms with Gasteiger partial charge in [-0.25, -0.2) is 13.8 Å². The number of carbonyl (C=O) groups excluding carboxylic acids is 2. The number of nitrogens with zero attached hydrogens (tertiary/aromatic N) is 1. The molecule has 2 bridgehead atoms. The van der Waals surface area contributed by atoms with E-state index in [1.165, 1.54) is 18.4 Å². The monoisotopic (exact) mass is 527 g/mol. The molecule has 11 heteroatoms. The molecule has 3 fully saturated rings. The Morgan fingerprint density at radius 1 is 1.20 bits per heavy atom. The van der Waals surface area contributed by atoms with Crippen molar-refractivity contribution in [1.29, 1.82) is 0 Å². The third kappa shape index (κ3) is 4.42. The first-order valence-electron chi connectivity index (χ1n) is 11.6. The Morgan fingerprint density at radius 2 is 1.94 bits per heavy atom. The second-order valence-electron chi connectivity index (χ2n) is 10.1. The highest BCUT2D eigenvalue weighted by Crippen LogP contribution is 2.64. The van der Waals surface area contributed by atoms with Crippen molar-refractivity contribution in [3.8, 4) is 0 Å². The molecule has 3 aliphatic rings. The zero-order valence-corrected chi connectivity index (χ0v) is 20.2. The van der Waals surface area contributed by atoms with Gasteiger partial charge in [0.1, 0.15) is 17.7 Å². The summed E-state index contributed by atoms with van der Waals surface area (Å²) in [5.41, 5.74) is -1.89. The molecule has 0 radical (unpaired) electrons. The number of hydrogen-bond acceptors (Lipinski definition) is 5. The number of fused-ring (bicyclic) bond motifs is 2. The summed E-state index contributed by atoms with van der Waals surface area (Å²) in [7, 11) is 0. The lowest BCUT2D eigenvalue weighted by Crippen LogP contribution is -2.42. The van der Waals surface area contributed by atoms with E-state index >= 15 is 8.78 Å². The van der Waals surface area contributed by atoms with Crippen LogP contribution in [0.1, 0.15) is 67.0 Å². The molecule has 2 aromatic rings. The number of hydrogen-bond donors (Lipinski definition) is 3. The summed E-state index contributed by atoms with van der Waals surface area (Å²) >= 11 is 12.6. The van der Waals surface area contributed by atoms with E-state index in [1.54, 1.807) is 0 Å². The van der Waals surface area contributed by atoms with Crippen molar-refractivity contribution in [3.63, 3.8) is 0 Å². The molecule has 35 heavy (non-hydrogen) atoms. The summed E-state index contributed by atoms with van der Waals surface area (Å²) in [6, 6.07) is 0.995. The largest absolute Gasteiger partial charge is 0.451 e. The molecule has 1 aromatic carbocycles. The first kappa shape index (κ1) is 24.5. The van der Waals surface area contributed by atoms with Crippen LogP contribution in [-0.2, 0) is 4.79 Å². The quantitative estimate of drug-likeness (QED) is 0.479. The number of aliphatic hydroxyl groups is 1. The Bertz CT molecular complexity index is 1140. The standard InChI is InChI=1S/C24H25Cl2F2N3O4/c25-13-1-2-14(27)18(19(13)26)20(23-3-5-24(28,10-23)6-4-23)31-21(33)12-7-15(17(32)8-12)30-22(34)16-9-35-11-29-16/h1-2,9,11-12,15,17,20,32H,3-8,10H2,(H,30,34)(H,31,33)/t12-,15-,17+,20+,23?,24?/m0/s1. The average molecular weight is 528 g/mol. The summed E-state index contributed by atoms with van der Waals surface area (Å²) in [5, 5.41) is 16.3. The lowest BCUT2D eigenvalue weighted by Gasteiger charge is -2.38. The van der Waals surface area contributed by atoms with E-state index in [4.69, 9.17) is 27.6 Å². The summed E-state index contributed by atoms with van der Waals surface area (Å²) in [5.74, 6) is -2.21. The van der Waals surface area contributed by atoms with Crippen LogP contribution in [0, 0.1) is 17.2 Å². The van der Waals surface area contributed by atoms with Crippen LogP contribution >= 0.6 is 23.2 Å². The van der Waals surface area contributed by atoms with E-state index in [1.807, 2.05) is 0 Å². The highest BCUT2D eigenvalue weighted by molar-refractivity contribution is 6.42. The van der Waals surface area contributed by atoms with Gasteiger partial charge >= 0.3 is 0 Å². The molecule has 1 heterocycles. The number of oxazole rings is 1. The molecular formula is C24H25Cl2F2N3O4. The highest BCUT2D eigenvalue weighted by Gasteiger charge is 2.59. The second-order valence-corrected chi connectivity index (χ2v) is 10.9. The van der Waals surface area contributed by atoms with Gasteiger partial charge in [0.2, 0.25) is 5.91 Å². The fourth-order valence-corrected chi connectivity index (χ4v) is 6.55. The first-order valence-corrected chi connectivity index (χ1v) is 12.4. The minimum Gasteiger partial charge on any atom is -0.451 e. The second kappa shape index (κ2) is 9.01.